The Labute approximate surface area is 116 Å². The topological polar surface area (TPSA) is 92.9 Å². The van der Waals surface area contributed by atoms with Crippen molar-refractivity contribution >= 4 is 23.3 Å². The molecule has 0 unspecified atom stereocenters. The van der Waals surface area contributed by atoms with Crippen LogP contribution < -0.4 is 22.3 Å². The molecule has 0 atom stereocenters. The summed E-state index contributed by atoms with van der Waals surface area (Å²) in [6.45, 7) is 3.23. The fraction of sp³-hybridized carbons (Fsp3) is 0.667. The Balaban J connectivity index is 2.90. The largest absolute Gasteiger partial charge is 0.383 e. The van der Waals surface area contributed by atoms with Crippen LogP contribution in [0.15, 0.2) is 9.59 Å². The number of hydrogen-bond acceptors (Lipinski definition) is 5. The molecule has 19 heavy (non-hydrogen) atoms. The molecule has 0 bridgehead atoms. The van der Waals surface area contributed by atoms with Crippen LogP contribution in [0.25, 0.3) is 0 Å². The van der Waals surface area contributed by atoms with Crippen LogP contribution in [0.2, 0.25) is 0 Å². The summed E-state index contributed by atoms with van der Waals surface area (Å²) in [4.78, 5) is 25.7. The van der Waals surface area contributed by atoms with Gasteiger partial charge in [-0.25, -0.2) is 4.79 Å². The summed E-state index contributed by atoms with van der Waals surface area (Å²) in [7, 11) is 0. The van der Waals surface area contributed by atoms with Crippen molar-refractivity contribution in [1.82, 2.24) is 9.55 Å². The minimum atomic E-state index is -0.445. The SMILES string of the molecule is CCCCn1c(N)c(NCCCSC)c(=O)[nH]c1=O. The second-order valence-electron chi connectivity index (χ2n) is 4.30. The molecule has 0 saturated heterocycles. The highest BCUT2D eigenvalue weighted by Gasteiger charge is 2.11. The molecule has 0 aliphatic heterocycles. The van der Waals surface area contributed by atoms with Gasteiger partial charge in [0.2, 0.25) is 0 Å². The molecule has 1 aromatic heterocycles. The third-order valence-electron chi connectivity index (χ3n) is 2.80. The summed E-state index contributed by atoms with van der Waals surface area (Å²) in [6.07, 6.45) is 4.78. The number of hydrogen-bond donors (Lipinski definition) is 3. The number of nitrogen functional groups attached to an aromatic ring is 1. The van der Waals surface area contributed by atoms with Crippen molar-refractivity contribution in [3.63, 3.8) is 0 Å². The molecule has 108 valence electrons. The molecule has 0 saturated carbocycles. The molecule has 0 spiro atoms. The molecule has 0 aliphatic carbocycles. The van der Waals surface area contributed by atoms with Gasteiger partial charge in [0.15, 0.2) is 0 Å². The molecule has 0 aliphatic rings. The van der Waals surface area contributed by atoms with Gasteiger partial charge < -0.3 is 11.1 Å². The molecule has 7 heteroatoms. The second-order valence-corrected chi connectivity index (χ2v) is 5.28. The predicted octanol–water partition coefficient (Wildman–Crippen LogP) is 1.08. The predicted molar refractivity (Wildman–Crippen MR) is 82.1 cm³/mol. The number of aromatic amines is 1. The number of thioether (sulfide) groups is 1. The van der Waals surface area contributed by atoms with E-state index < -0.39 is 11.2 Å². The first-order valence-corrected chi connectivity index (χ1v) is 7.86. The monoisotopic (exact) mass is 286 g/mol. The molecule has 0 fully saturated rings. The van der Waals surface area contributed by atoms with E-state index in [1.54, 1.807) is 11.8 Å². The molecule has 4 N–H and O–H groups in total. The number of unbranched alkanes of at least 4 members (excludes halogenated alkanes) is 1. The number of nitrogens with two attached hydrogens (primary N) is 1. The molecular weight excluding hydrogens is 264 g/mol. The van der Waals surface area contributed by atoms with Gasteiger partial charge in [-0.2, -0.15) is 11.8 Å². The summed E-state index contributed by atoms with van der Waals surface area (Å²) in [5, 5.41) is 3.02. The van der Waals surface area contributed by atoms with Crippen LogP contribution >= 0.6 is 11.8 Å². The minimum Gasteiger partial charge on any atom is -0.383 e. The lowest BCUT2D eigenvalue weighted by Crippen LogP contribution is -2.34. The standard InChI is InChI=1S/C12H22N4O2S/c1-3-4-7-16-10(13)9(11(17)15-12(16)18)14-6-5-8-19-2/h14H,3-8,13H2,1-2H3,(H,15,17,18). The summed E-state index contributed by atoms with van der Waals surface area (Å²) in [5.74, 6) is 1.24. The van der Waals surface area contributed by atoms with Crippen LogP contribution in [0.3, 0.4) is 0 Å². The highest BCUT2D eigenvalue weighted by Crippen LogP contribution is 2.11. The Morgan fingerprint density at radius 3 is 2.74 bits per heavy atom. The number of anilines is 2. The molecular formula is C12H22N4O2S. The number of nitrogens with one attached hydrogen (secondary N) is 2. The van der Waals surface area contributed by atoms with E-state index in [0.29, 0.717) is 18.8 Å². The summed E-state index contributed by atoms with van der Waals surface area (Å²) in [5.41, 5.74) is 5.33. The number of aromatic nitrogens is 2. The first-order chi connectivity index (χ1) is 9.11. The molecule has 0 radical (unpaired) electrons. The van der Waals surface area contributed by atoms with E-state index in [4.69, 9.17) is 5.73 Å². The van der Waals surface area contributed by atoms with Gasteiger partial charge >= 0.3 is 5.69 Å². The van der Waals surface area contributed by atoms with Crippen LogP contribution in [-0.4, -0.2) is 28.1 Å². The van der Waals surface area contributed by atoms with Crippen molar-refractivity contribution in [3.05, 3.63) is 20.8 Å². The third kappa shape index (κ3) is 4.34. The number of rotatable bonds is 8. The van der Waals surface area contributed by atoms with Crippen LogP contribution in [0.5, 0.6) is 0 Å². The fourth-order valence-electron chi connectivity index (χ4n) is 1.73. The molecule has 1 aromatic rings. The molecule has 0 aromatic carbocycles. The summed E-state index contributed by atoms with van der Waals surface area (Å²) >= 11 is 1.75. The maximum atomic E-state index is 11.7. The van der Waals surface area contributed by atoms with Crippen molar-refractivity contribution in [1.29, 1.82) is 0 Å². The highest BCUT2D eigenvalue weighted by atomic mass is 32.2. The second kappa shape index (κ2) is 7.93. The van der Waals surface area contributed by atoms with Gasteiger partial charge in [-0.05, 0) is 24.9 Å². The van der Waals surface area contributed by atoms with Gasteiger partial charge in [0, 0.05) is 13.1 Å². The van der Waals surface area contributed by atoms with E-state index in [0.717, 1.165) is 25.0 Å². The maximum Gasteiger partial charge on any atom is 0.330 e. The lowest BCUT2D eigenvalue weighted by atomic mass is 10.3. The Morgan fingerprint density at radius 2 is 2.11 bits per heavy atom. The van der Waals surface area contributed by atoms with Crippen LogP contribution in [0.4, 0.5) is 11.5 Å². The van der Waals surface area contributed by atoms with Gasteiger partial charge in [-0.15, -0.1) is 0 Å². The van der Waals surface area contributed by atoms with Crippen molar-refractivity contribution in [2.75, 3.05) is 29.6 Å². The first kappa shape index (κ1) is 15.7. The van der Waals surface area contributed by atoms with Gasteiger partial charge in [0.25, 0.3) is 5.56 Å². The zero-order chi connectivity index (χ0) is 14.3. The highest BCUT2D eigenvalue weighted by molar-refractivity contribution is 7.98. The molecule has 1 rings (SSSR count). The molecule has 1 heterocycles. The minimum absolute atomic E-state index is 0.228. The Bertz CT molecular complexity index is 509. The fourth-order valence-corrected chi connectivity index (χ4v) is 2.16. The van der Waals surface area contributed by atoms with E-state index in [9.17, 15) is 9.59 Å². The summed E-state index contributed by atoms with van der Waals surface area (Å²) in [6, 6.07) is 0. The van der Waals surface area contributed by atoms with E-state index >= 15 is 0 Å². The van der Waals surface area contributed by atoms with Crippen LogP contribution in [-0.2, 0) is 6.54 Å². The van der Waals surface area contributed by atoms with Gasteiger partial charge in [0.1, 0.15) is 11.5 Å². The molecule has 6 nitrogen and oxygen atoms in total. The van der Waals surface area contributed by atoms with Crippen molar-refractivity contribution in [2.24, 2.45) is 0 Å². The lowest BCUT2D eigenvalue weighted by molar-refractivity contribution is 0.605. The van der Waals surface area contributed by atoms with Crippen molar-refractivity contribution < 1.29 is 0 Å². The van der Waals surface area contributed by atoms with Crippen LogP contribution in [0.1, 0.15) is 26.2 Å². The van der Waals surface area contributed by atoms with Crippen molar-refractivity contribution in [3.8, 4) is 0 Å². The van der Waals surface area contributed by atoms with E-state index in [1.807, 2.05) is 13.2 Å². The van der Waals surface area contributed by atoms with Gasteiger partial charge in [-0.1, -0.05) is 13.3 Å². The number of H-pyrrole nitrogens is 1. The Morgan fingerprint density at radius 1 is 1.37 bits per heavy atom. The number of nitrogens with zero attached hydrogens (tertiary/aromatic N) is 1. The normalized spacial score (nSPS) is 10.6. The summed E-state index contributed by atoms with van der Waals surface area (Å²) < 4.78 is 1.42. The Hall–Kier alpha value is -1.37. The smallest absolute Gasteiger partial charge is 0.330 e. The zero-order valence-corrected chi connectivity index (χ0v) is 12.3. The average molecular weight is 286 g/mol. The van der Waals surface area contributed by atoms with E-state index in [2.05, 4.69) is 10.3 Å². The van der Waals surface area contributed by atoms with E-state index in [-0.39, 0.29) is 5.82 Å². The molecule has 0 amide bonds. The Kier molecular flexibility index (Phi) is 6.55. The van der Waals surface area contributed by atoms with E-state index in [1.165, 1.54) is 4.57 Å². The zero-order valence-electron chi connectivity index (χ0n) is 11.5. The quantitative estimate of drug-likeness (QED) is 0.622. The maximum absolute atomic E-state index is 11.7. The third-order valence-corrected chi connectivity index (χ3v) is 3.50. The van der Waals surface area contributed by atoms with Crippen molar-refractivity contribution in [2.45, 2.75) is 32.7 Å². The van der Waals surface area contributed by atoms with Gasteiger partial charge in [0.05, 0.1) is 0 Å². The first-order valence-electron chi connectivity index (χ1n) is 6.47. The lowest BCUT2D eigenvalue weighted by Gasteiger charge is -2.13. The average Bonchev–Trinajstić information content (AvgIpc) is 2.37. The van der Waals surface area contributed by atoms with Crippen LogP contribution in [0, 0.1) is 0 Å². The van der Waals surface area contributed by atoms with Gasteiger partial charge in [-0.3, -0.25) is 14.3 Å².